The van der Waals surface area contributed by atoms with Crippen LogP contribution in [0.25, 0.3) is 10.8 Å². The molecule has 0 aliphatic rings. The van der Waals surface area contributed by atoms with Gasteiger partial charge in [0.05, 0.1) is 11.6 Å². The molecule has 0 aliphatic carbocycles. The average Bonchev–Trinajstić information content (AvgIpc) is 2.53. The predicted molar refractivity (Wildman–Crippen MR) is 91.4 cm³/mol. The van der Waals surface area contributed by atoms with Gasteiger partial charge in [-0.15, -0.1) is 0 Å². The molecule has 0 fully saturated rings. The summed E-state index contributed by atoms with van der Waals surface area (Å²) in [4.78, 5) is 11.3. The number of hydrogen-bond donors (Lipinski definition) is 0. The highest BCUT2D eigenvalue weighted by atomic mass is 35.5. The molecule has 0 bridgehead atoms. The third-order valence-corrected chi connectivity index (χ3v) is 3.40. The van der Waals surface area contributed by atoms with E-state index in [-0.39, 0.29) is 13.2 Å². The van der Waals surface area contributed by atoms with Crippen LogP contribution < -0.4 is 9.47 Å². The lowest BCUT2D eigenvalue weighted by molar-refractivity contribution is -0.139. The minimum absolute atomic E-state index is 0.129. The first-order valence-electron chi connectivity index (χ1n) is 7.34. The Kier molecular flexibility index (Phi) is 5.88. The number of hydrogen-bond acceptors (Lipinski definition) is 4. The zero-order chi connectivity index (χ0) is 16.8. The zero-order valence-electron chi connectivity index (χ0n) is 13.2. The van der Waals surface area contributed by atoms with E-state index in [1.807, 2.05) is 31.2 Å². The van der Waals surface area contributed by atoms with Crippen LogP contribution in [0.1, 0.15) is 13.8 Å². The largest absolute Gasteiger partial charge is 0.493 e. The molecule has 4 nitrogen and oxygen atoms in total. The minimum atomic E-state index is -0.434. The third kappa shape index (κ3) is 4.17. The number of esters is 1. The summed E-state index contributed by atoms with van der Waals surface area (Å²) in [5.74, 6) is 0.836. The molecule has 122 valence electrons. The van der Waals surface area contributed by atoms with Gasteiger partial charge in [-0.2, -0.15) is 0 Å². The molecule has 23 heavy (non-hydrogen) atoms. The van der Waals surface area contributed by atoms with Crippen LogP contribution in [-0.4, -0.2) is 25.8 Å². The molecule has 0 saturated carbocycles. The lowest BCUT2D eigenvalue weighted by Crippen LogP contribution is -2.12. The van der Waals surface area contributed by atoms with Crippen molar-refractivity contribution in [2.45, 2.75) is 13.8 Å². The van der Waals surface area contributed by atoms with Crippen LogP contribution in [0.5, 0.6) is 11.5 Å². The number of fused-ring (bicyclic) bond motifs is 1. The quantitative estimate of drug-likeness (QED) is 0.428. The molecule has 0 atom stereocenters. The van der Waals surface area contributed by atoms with Crippen molar-refractivity contribution in [2.75, 3.05) is 19.8 Å². The van der Waals surface area contributed by atoms with Gasteiger partial charge < -0.3 is 14.2 Å². The minimum Gasteiger partial charge on any atom is -0.493 e. The summed E-state index contributed by atoms with van der Waals surface area (Å²) < 4.78 is 16.3. The van der Waals surface area contributed by atoms with E-state index < -0.39 is 5.97 Å². The van der Waals surface area contributed by atoms with Gasteiger partial charge in [0.15, 0.2) is 0 Å². The molecule has 2 rings (SSSR count). The maximum absolute atomic E-state index is 11.3. The van der Waals surface area contributed by atoms with Gasteiger partial charge in [-0.1, -0.05) is 42.4 Å². The Morgan fingerprint density at radius 2 is 1.87 bits per heavy atom. The third-order valence-electron chi connectivity index (χ3n) is 3.12. The van der Waals surface area contributed by atoms with E-state index in [2.05, 4.69) is 6.58 Å². The lowest BCUT2D eigenvalue weighted by atomic mass is 10.1. The summed E-state index contributed by atoms with van der Waals surface area (Å²) >= 11 is 6.31. The van der Waals surface area contributed by atoms with Gasteiger partial charge in [0.2, 0.25) is 0 Å². The Morgan fingerprint density at radius 3 is 2.52 bits per heavy atom. The Hall–Kier alpha value is -2.20. The summed E-state index contributed by atoms with van der Waals surface area (Å²) in [6.07, 6.45) is 0. The van der Waals surface area contributed by atoms with Crippen molar-refractivity contribution in [3.8, 4) is 11.5 Å². The second-order valence-electron chi connectivity index (χ2n) is 4.93. The average molecular weight is 335 g/mol. The van der Waals surface area contributed by atoms with Gasteiger partial charge in [0.1, 0.15) is 24.7 Å². The van der Waals surface area contributed by atoms with E-state index in [9.17, 15) is 4.79 Å². The fourth-order valence-corrected chi connectivity index (χ4v) is 2.36. The van der Waals surface area contributed by atoms with Crippen LogP contribution in [0.2, 0.25) is 5.02 Å². The maximum atomic E-state index is 11.3. The van der Waals surface area contributed by atoms with Gasteiger partial charge in [0.25, 0.3) is 0 Å². The molecule has 0 spiro atoms. The second-order valence-corrected chi connectivity index (χ2v) is 5.34. The van der Waals surface area contributed by atoms with Crippen LogP contribution in [-0.2, 0) is 9.53 Å². The molecule has 2 aromatic carbocycles. The maximum Gasteiger partial charge on any atom is 0.333 e. The van der Waals surface area contributed by atoms with Gasteiger partial charge in [0, 0.05) is 22.4 Å². The SMILES string of the molecule is C=C(C)C(=O)OCCOc1c(Cl)cc(OCC)c2ccccc12. The van der Waals surface area contributed by atoms with E-state index in [1.54, 1.807) is 13.0 Å². The molecule has 0 radical (unpaired) electrons. The van der Waals surface area contributed by atoms with E-state index in [0.29, 0.717) is 28.7 Å². The number of rotatable bonds is 7. The van der Waals surface area contributed by atoms with Crippen LogP contribution >= 0.6 is 11.6 Å². The second kappa shape index (κ2) is 7.88. The van der Waals surface area contributed by atoms with E-state index in [0.717, 1.165) is 10.8 Å². The molecule has 5 heteroatoms. The van der Waals surface area contributed by atoms with Crippen LogP contribution in [0, 0.1) is 0 Å². The normalized spacial score (nSPS) is 10.4. The predicted octanol–water partition coefficient (Wildman–Crippen LogP) is 4.39. The van der Waals surface area contributed by atoms with Crippen molar-refractivity contribution in [3.63, 3.8) is 0 Å². The number of ether oxygens (including phenoxy) is 3. The number of benzene rings is 2. The highest BCUT2D eigenvalue weighted by molar-refractivity contribution is 6.33. The molecule has 0 heterocycles. The first-order chi connectivity index (χ1) is 11.0. The Bertz CT molecular complexity index is 724. The molecule has 2 aromatic rings. The van der Waals surface area contributed by atoms with Crippen molar-refractivity contribution in [3.05, 3.63) is 47.5 Å². The molecule has 0 unspecified atom stereocenters. The van der Waals surface area contributed by atoms with E-state index >= 15 is 0 Å². The zero-order valence-corrected chi connectivity index (χ0v) is 14.0. The first kappa shape index (κ1) is 17.2. The van der Waals surface area contributed by atoms with Crippen molar-refractivity contribution < 1.29 is 19.0 Å². The summed E-state index contributed by atoms with van der Waals surface area (Å²) in [5, 5.41) is 2.24. The molecule has 0 N–H and O–H groups in total. The molecule has 0 aromatic heterocycles. The van der Waals surface area contributed by atoms with Crippen molar-refractivity contribution in [1.29, 1.82) is 0 Å². The van der Waals surface area contributed by atoms with Gasteiger partial charge in [-0.25, -0.2) is 4.79 Å². The molecule has 0 aliphatic heterocycles. The van der Waals surface area contributed by atoms with Crippen LogP contribution in [0.4, 0.5) is 0 Å². The van der Waals surface area contributed by atoms with Crippen molar-refractivity contribution in [1.82, 2.24) is 0 Å². The topological polar surface area (TPSA) is 44.8 Å². The van der Waals surface area contributed by atoms with Crippen molar-refractivity contribution in [2.24, 2.45) is 0 Å². The van der Waals surface area contributed by atoms with E-state index in [4.69, 9.17) is 25.8 Å². The van der Waals surface area contributed by atoms with Crippen LogP contribution in [0.3, 0.4) is 0 Å². The van der Waals surface area contributed by atoms with Gasteiger partial charge >= 0.3 is 5.97 Å². The lowest BCUT2D eigenvalue weighted by Gasteiger charge is -2.14. The van der Waals surface area contributed by atoms with Crippen LogP contribution in [0.15, 0.2) is 42.5 Å². The highest BCUT2D eigenvalue weighted by Crippen LogP contribution is 2.39. The highest BCUT2D eigenvalue weighted by Gasteiger charge is 2.13. The molecule has 0 amide bonds. The molecular formula is C18H19ClO4. The van der Waals surface area contributed by atoms with E-state index in [1.165, 1.54) is 0 Å². The van der Waals surface area contributed by atoms with Crippen molar-refractivity contribution >= 4 is 28.3 Å². The monoisotopic (exact) mass is 334 g/mol. The molecule has 0 saturated heterocycles. The van der Waals surface area contributed by atoms with Gasteiger partial charge in [-0.3, -0.25) is 0 Å². The van der Waals surface area contributed by atoms with Gasteiger partial charge in [-0.05, 0) is 13.8 Å². The standard InChI is InChI=1S/C18H19ClO4/c1-4-21-16-11-15(19)17(14-8-6-5-7-13(14)16)22-9-10-23-18(20)12(2)3/h5-8,11H,2,4,9-10H2,1,3H3. The summed E-state index contributed by atoms with van der Waals surface area (Å²) in [6, 6.07) is 9.44. The molecular weight excluding hydrogens is 316 g/mol. The summed E-state index contributed by atoms with van der Waals surface area (Å²) in [6.45, 7) is 7.93. The fourth-order valence-electron chi connectivity index (χ4n) is 2.11. The summed E-state index contributed by atoms with van der Waals surface area (Å²) in [7, 11) is 0. The number of carbonyl (C=O) groups is 1. The smallest absolute Gasteiger partial charge is 0.333 e. The number of halogens is 1. The number of carbonyl (C=O) groups excluding carboxylic acids is 1. The Morgan fingerprint density at radius 1 is 1.17 bits per heavy atom. The fraction of sp³-hybridized carbons (Fsp3) is 0.278. The Balaban J connectivity index is 2.17. The Labute approximate surface area is 140 Å². The summed E-state index contributed by atoms with van der Waals surface area (Å²) in [5.41, 5.74) is 0.356. The first-order valence-corrected chi connectivity index (χ1v) is 7.71.